The molecule has 0 aliphatic rings. The van der Waals surface area contributed by atoms with Gasteiger partial charge in [0.05, 0.1) is 32.3 Å². The van der Waals surface area contributed by atoms with E-state index in [2.05, 4.69) is 10.6 Å². The molecule has 3 rings (SSSR count). The fraction of sp³-hybridized carbons (Fsp3) is 0.489. The molecule has 59 heavy (non-hydrogen) atoms. The van der Waals surface area contributed by atoms with Crippen molar-refractivity contribution in [3.05, 3.63) is 107 Å². The molecule has 0 saturated carbocycles. The number of hydrogen-bond acceptors (Lipinski definition) is 9. The number of rotatable bonds is 22. The molecule has 0 fully saturated rings. The Morgan fingerprint density at radius 2 is 1.41 bits per heavy atom. The molecule has 13 nitrogen and oxygen atoms in total. The minimum Gasteiger partial charge on any atom is -0.469 e. The number of unbranched alkanes of at least 4 members (excludes halogenated alkanes) is 1. The van der Waals surface area contributed by atoms with Crippen LogP contribution < -0.4 is 10.6 Å². The first kappa shape index (κ1) is 48.2. The van der Waals surface area contributed by atoms with Gasteiger partial charge in [-0.1, -0.05) is 90.5 Å². The van der Waals surface area contributed by atoms with Crippen LogP contribution in [-0.2, 0) is 53.0 Å². The van der Waals surface area contributed by atoms with Gasteiger partial charge in [0.15, 0.2) is 0 Å². The highest BCUT2D eigenvalue weighted by atomic mass is 35.5. The zero-order valence-electron chi connectivity index (χ0n) is 35.4. The standard InChI is InChI=1S/C45H61ClN4O9/c1-32(57-30-34-20-12-9-13-21-34)39(50(6)41(52)28-37(26-33-18-10-8-11-19-33)49(5)44(55)59-45(2,3)4)29-40(51)48-36(27-42(53)56-7)23-16-17-25-47-43(54)58-31-35-22-14-15-24-38(35)46/h8-15,18-22,24,32,36-37,39H,16-17,23,25-31H2,1-7H3,(H,47,54)(H,48,51)/t32-,36+,37+,39-/m1/s1. The van der Waals surface area contributed by atoms with E-state index in [1.54, 1.807) is 53.1 Å². The normalized spacial score (nSPS) is 13.2. The summed E-state index contributed by atoms with van der Waals surface area (Å²) in [7, 11) is 4.54. The number of hydrogen-bond donors (Lipinski definition) is 2. The minimum absolute atomic E-state index is 0.0355. The largest absolute Gasteiger partial charge is 0.469 e. The van der Waals surface area contributed by atoms with Crippen LogP contribution >= 0.6 is 11.6 Å². The number of ether oxygens (including phenoxy) is 4. The molecule has 0 aromatic heterocycles. The Hall–Kier alpha value is -5.14. The second-order valence-electron chi connectivity index (χ2n) is 15.6. The third-order valence-electron chi connectivity index (χ3n) is 9.71. The lowest BCUT2D eigenvalue weighted by molar-refractivity contribution is -0.141. The molecule has 0 saturated heterocycles. The molecule has 3 aromatic rings. The van der Waals surface area contributed by atoms with Crippen molar-refractivity contribution in [1.82, 2.24) is 20.4 Å². The van der Waals surface area contributed by atoms with E-state index in [-0.39, 0.29) is 44.3 Å². The summed E-state index contributed by atoms with van der Waals surface area (Å²) < 4.78 is 22.1. The van der Waals surface area contributed by atoms with E-state index in [9.17, 15) is 24.0 Å². The molecule has 0 radical (unpaired) electrons. The van der Waals surface area contributed by atoms with Crippen molar-refractivity contribution < 1.29 is 42.9 Å². The summed E-state index contributed by atoms with van der Waals surface area (Å²) in [6, 6.07) is 24.4. The molecular weight excluding hydrogens is 776 g/mol. The van der Waals surface area contributed by atoms with Crippen LogP contribution in [0.25, 0.3) is 0 Å². The molecule has 2 N–H and O–H groups in total. The predicted octanol–water partition coefficient (Wildman–Crippen LogP) is 7.48. The van der Waals surface area contributed by atoms with Gasteiger partial charge in [-0.05, 0) is 70.6 Å². The highest BCUT2D eigenvalue weighted by Gasteiger charge is 2.33. The van der Waals surface area contributed by atoms with E-state index in [0.29, 0.717) is 42.8 Å². The lowest BCUT2D eigenvalue weighted by atomic mass is 9.99. The van der Waals surface area contributed by atoms with Crippen molar-refractivity contribution in [2.75, 3.05) is 27.7 Å². The average molecular weight is 837 g/mol. The quantitative estimate of drug-likeness (QED) is 0.0596. The Balaban J connectivity index is 1.70. The van der Waals surface area contributed by atoms with Crippen LogP contribution in [0.5, 0.6) is 0 Å². The van der Waals surface area contributed by atoms with Gasteiger partial charge in [-0.2, -0.15) is 0 Å². The first-order valence-electron chi connectivity index (χ1n) is 20.0. The van der Waals surface area contributed by atoms with E-state index < -0.39 is 48.0 Å². The SMILES string of the molecule is COC(=O)C[C@H](CCCCNC(=O)OCc1ccccc1Cl)NC(=O)C[C@H]([C@@H](C)OCc1ccccc1)N(C)C(=O)C[C@H](Cc1ccccc1)N(C)C(=O)OC(C)(C)C. The van der Waals surface area contributed by atoms with Crippen LogP contribution in [0.1, 0.15) is 82.9 Å². The summed E-state index contributed by atoms with van der Waals surface area (Å²) in [4.78, 5) is 68.8. The number of esters is 1. The first-order chi connectivity index (χ1) is 28.1. The Kier molecular flexibility index (Phi) is 20.2. The smallest absolute Gasteiger partial charge is 0.410 e. The molecule has 0 aliphatic carbocycles. The Bertz CT molecular complexity index is 1770. The zero-order chi connectivity index (χ0) is 43.4. The summed E-state index contributed by atoms with van der Waals surface area (Å²) in [5.74, 6) is -1.16. The van der Waals surface area contributed by atoms with Gasteiger partial charge in [-0.3, -0.25) is 14.4 Å². The number of carbonyl (C=O) groups excluding carboxylic acids is 5. The van der Waals surface area contributed by atoms with Crippen molar-refractivity contribution in [3.63, 3.8) is 0 Å². The summed E-state index contributed by atoms with van der Waals surface area (Å²) in [5.41, 5.74) is 1.83. The highest BCUT2D eigenvalue weighted by Crippen LogP contribution is 2.21. The van der Waals surface area contributed by atoms with Gasteiger partial charge in [0, 0.05) is 56.2 Å². The maximum atomic E-state index is 14.2. The van der Waals surface area contributed by atoms with Crippen molar-refractivity contribution in [1.29, 1.82) is 0 Å². The molecule has 0 spiro atoms. The van der Waals surface area contributed by atoms with E-state index in [0.717, 1.165) is 11.1 Å². The number of methoxy groups -OCH3 is 1. The summed E-state index contributed by atoms with van der Waals surface area (Å²) >= 11 is 6.14. The number of benzene rings is 3. The summed E-state index contributed by atoms with van der Waals surface area (Å²) in [6.45, 7) is 7.78. The van der Waals surface area contributed by atoms with Gasteiger partial charge in [0.2, 0.25) is 11.8 Å². The summed E-state index contributed by atoms with van der Waals surface area (Å²) in [5, 5.41) is 6.20. The van der Waals surface area contributed by atoms with Crippen LogP contribution in [-0.4, -0.2) is 97.4 Å². The van der Waals surface area contributed by atoms with Crippen molar-refractivity contribution in [2.24, 2.45) is 0 Å². The molecule has 3 aromatic carbocycles. The van der Waals surface area contributed by atoms with Crippen LogP contribution in [0.3, 0.4) is 0 Å². The van der Waals surface area contributed by atoms with E-state index in [4.69, 9.17) is 30.5 Å². The Morgan fingerprint density at radius 3 is 2.03 bits per heavy atom. The zero-order valence-corrected chi connectivity index (χ0v) is 36.2. The second-order valence-corrected chi connectivity index (χ2v) is 16.0. The second kappa shape index (κ2) is 24.7. The van der Waals surface area contributed by atoms with E-state index >= 15 is 0 Å². The Morgan fingerprint density at radius 1 is 0.780 bits per heavy atom. The Labute approximate surface area is 354 Å². The van der Waals surface area contributed by atoms with Crippen molar-refractivity contribution in [2.45, 2.75) is 116 Å². The number of halogens is 1. The predicted molar refractivity (Wildman–Crippen MR) is 226 cm³/mol. The maximum Gasteiger partial charge on any atom is 0.410 e. The first-order valence-corrected chi connectivity index (χ1v) is 20.3. The van der Waals surface area contributed by atoms with Gasteiger partial charge in [0.25, 0.3) is 0 Å². The lowest BCUT2D eigenvalue weighted by Crippen LogP contribution is -2.50. The fourth-order valence-corrected chi connectivity index (χ4v) is 6.47. The number of carbonyl (C=O) groups is 5. The number of likely N-dealkylation sites (N-methyl/N-ethyl adjacent to an activating group) is 2. The minimum atomic E-state index is -0.734. The van der Waals surface area contributed by atoms with Crippen LogP contribution in [0.15, 0.2) is 84.9 Å². The fourth-order valence-electron chi connectivity index (χ4n) is 6.28. The number of amides is 4. The molecule has 4 atom stereocenters. The van der Waals surface area contributed by atoms with E-state index in [1.165, 1.54) is 16.9 Å². The average Bonchev–Trinajstić information content (AvgIpc) is 3.20. The monoisotopic (exact) mass is 836 g/mol. The molecule has 322 valence electrons. The topological polar surface area (TPSA) is 153 Å². The van der Waals surface area contributed by atoms with E-state index in [1.807, 2.05) is 73.7 Å². The third-order valence-corrected chi connectivity index (χ3v) is 10.1. The number of nitrogens with one attached hydrogen (secondary N) is 2. The van der Waals surface area contributed by atoms with Crippen molar-refractivity contribution in [3.8, 4) is 0 Å². The van der Waals surface area contributed by atoms with Crippen LogP contribution in [0.4, 0.5) is 9.59 Å². The molecule has 4 amide bonds. The van der Waals surface area contributed by atoms with Gasteiger partial charge < -0.3 is 39.4 Å². The molecule has 0 unspecified atom stereocenters. The number of nitrogens with zero attached hydrogens (tertiary/aromatic N) is 2. The molecular formula is C45H61ClN4O9. The molecule has 0 bridgehead atoms. The van der Waals surface area contributed by atoms with Crippen LogP contribution in [0, 0.1) is 0 Å². The summed E-state index contributed by atoms with van der Waals surface area (Å²) in [6.07, 6.45) is -0.00535. The van der Waals surface area contributed by atoms with Crippen molar-refractivity contribution >= 4 is 41.6 Å². The van der Waals surface area contributed by atoms with Gasteiger partial charge in [0.1, 0.15) is 12.2 Å². The lowest BCUT2D eigenvalue weighted by Gasteiger charge is -2.35. The molecule has 0 heterocycles. The van der Waals surface area contributed by atoms with Crippen LogP contribution in [0.2, 0.25) is 5.02 Å². The van der Waals surface area contributed by atoms with Gasteiger partial charge >= 0.3 is 18.2 Å². The van der Waals surface area contributed by atoms with Gasteiger partial charge in [-0.25, -0.2) is 9.59 Å². The molecule has 14 heteroatoms. The third kappa shape index (κ3) is 18.1. The number of alkyl carbamates (subject to hydrolysis) is 1. The maximum absolute atomic E-state index is 14.2. The highest BCUT2D eigenvalue weighted by molar-refractivity contribution is 6.31. The molecule has 0 aliphatic heterocycles. The van der Waals surface area contributed by atoms with Gasteiger partial charge in [-0.15, -0.1) is 0 Å².